The number of carbonyl (C=O) groups excluding carboxylic acids is 3. The number of phosphoric ester groups is 1. The third kappa shape index (κ3) is 51.3. The number of phosphoric acid groups is 1. The second kappa shape index (κ2) is 53.7. The lowest BCUT2D eigenvalue weighted by Gasteiger charge is -2.21. The molecule has 3 atom stereocenters. The van der Waals surface area contributed by atoms with Crippen LogP contribution in [0.5, 0.6) is 0 Å². The van der Waals surface area contributed by atoms with Crippen LogP contribution in [0.1, 0.15) is 226 Å². The van der Waals surface area contributed by atoms with Gasteiger partial charge < -0.3 is 24.2 Å². The first-order chi connectivity index (χ1) is 35.2. The molecule has 0 saturated carbocycles. The molecule has 0 spiro atoms. The second-order valence-electron chi connectivity index (χ2n) is 18.3. The van der Waals surface area contributed by atoms with Gasteiger partial charge in [0.1, 0.15) is 12.7 Å². The van der Waals surface area contributed by atoms with Gasteiger partial charge in [0.05, 0.1) is 19.8 Å². The van der Waals surface area contributed by atoms with Gasteiger partial charge in [0.15, 0.2) is 6.10 Å². The Labute approximate surface area is 438 Å². The van der Waals surface area contributed by atoms with Gasteiger partial charge in [-0.05, 0) is 70.6 Å². The van der Waals surface area contributed by atoms with E-state index in [-0.39, 0.29) is 25.9 Å². The fourth-order valence-corrected chi connectivity index (χ4v) is 8.11. The molecule has 0 fully saturated rings. The number of ether oxygens (including phenoxy) is 3. The van der Waals surface area contributed by atoms with Gasteiger partial charge in [0.2, 0.25) is 0 Å². The average Bonchev–Trinajstić information content (AvgIpc) is 3.37. The Bertz CT molecular complexity index is 1580. The molecule has 412 valence electrons. The Hall–Kier alpha value is -3.60. The minimum Gasteiger partial charge on any atom is -0.462 e. The van der Waals surface area contributed by atoms with E-state index in [4.69, 9.17) is 23.3 Å². The predicted molar refractivity (Wildman–Crippen MR) is 297 cm³/mol. The fourth-order valence-electron chi connectivity index (χ4n) is 7.33. The number of allylic oxidation sites excluding steroid dienone is 16. The Balaban J connectivity index is 4.82. The molecule has 0 aliphatic rings. The van der Waals surface area contributed by atoms with Crippen LogP contribution in [0.2, 0.25) is 0 Å². The number of rotatable bonds is 51. The summed E-state index contributed by atoms with van der Waals surface area (Å²) in [5, 5.41) is 9.78. The molecule has 72 heavy (non-hydrogen) atoms. The van der Waals surface area contributed by atoms with Crippen LogP contribution < -0.4 is 0 Å². The molecule has 0 heterocycles. The first-order valence-electron chi connectivity index (χ1n) is 28.1. The lowest BCUT2D eigenvalue weighted by Crippen LogP contribution is -2.30. The van der Waals surface area contributed by atoms with Gasteiger partial charge in [0, 0.05) is 19.3 Å². The molecule has 0 aliphatic heterocycles. The highest BCUT2D eigenvalue weighted by molar-refractivity contribution is 7.47. The molecule has 11 nitrogen and oxygen atoms in total. The summed E-state index contributed by atoms with van der Waals surface area (Å²) in [5.41, 5.74) is 0. The molecule has 0 amide bonds. The lowest BCUT2D eigenvalue weighted by molar-refractivity contribution is -0.161. The molecule has 0 aliphatic carbocycles. The Morgan fingerprint density at radius 2 is 0.722 bits per heavy atom. The number of hydrogen-bond donors (Lipinski definition) is 2. The van der Waals surface area contributed by atoms with E-state index in [0.29, 0.717) is 19.3 Å². The number of unbranched alkanes of at least 4 members (excludes halogenated alkanes) is 18. The van der Waals surface area contributed by atoms with Crippen LogP contribution in [0.4, 0.5) is 0 Å². The van der Waals surface area contributed by atoms with E-state index < -0.39 is 57.8 Å². The zero-order valence-corrected chi connectivity index (χ0v) is 46.3. The summed E-state index contributed by atoms with van der Waals surface area (Å²) in [6.45, 7) is 4.25. The highest BCUT2D eigenvalue weighted by Gasteiger charge is 2.28. The van der Waals surface area contributed by atoms with Gasteiger partial charge in [-0.1, -0.05) is 234 Å². The number of esters is 3. The monoisotopic (exact) mass is 1030 g/mol. The van der Waals surface area contributed by atoms with Crippen molar-refractivity contribution < 1.29 is 52.2 Å². The topological polar surface area (TPSA) is 155 Å². The van der Waals surface area contributed by atoms with Gasteiger partial charge in [-0.2, -0.15) is 0 Å². The van der Waals surface area contributed by atoms with Crippen LogP contribution in [0.25, 0.3) is 0 Å². The SMILES string of the molecule is CC/C=C\C/C=C\C/C=C\C/C=C\CCC(=O)OCC(COP(=O)(O)OCC(CO)OC(=O)CC/C=C\C/C=C\C/C=C\C/C=C\CC)OC(=O)CCCCCCCCCCCCCCCCCCCCC. The van der Waals surface area contributed by atoms with E-state index in [9.17, 15) is 28.9 Å². The van der Waals surface area contributed by atoms with E-state index in [1.807, 2.05) is 30.4 Å². The quantitative estimate of drug-likeness (QED) is 0.0197. The van der Waals surface area contributed by atoms with Crippen molar-refractivity contribution in [1.82, 2.24) is 0 Å². The molecule has 3 unspecified atom stereocenters. The van der Waals surface area contributed by atoms with Crippen molar-refractivity contribution in [2.45, 2.75) is 238 Å². The molecule has 2 N–H and O–H groups in total. The number of hydrogen-bond acceptors (Lipinski definition) is 10. The fraction of sp³-hybridized carbons (Fsp3) is 0.683. The van der Waals surface area contributed by atoms with E-state index in [0.717, 1.165) is 70.6 Å². The number of aliphatic hydroxyl groups is 1. The highest BCUT2D eigenvalue weighted by Crippen LogP contribution is 2.43. The smallest absolute Gasteiger partial charge is 0.462 e. The molecule has 0 radical (unpaired) electrons. The van der Waals surface area contributed by atoms with Crippen molar-refractivity contribution in [2.75, 3.05) is 26.4 Å². The predicted octanol–water partition coefficient (Wildman–Crippen LogP) is 16.5. The summed E-state index contributed by atoms with van der Waals surface area (Å²) < 4.78 is 39.3. The third-order valence-corrected chi connectivity index (χ3v) is 12.5. The first-order valence-corrected chi connectivity index (χ1v) is 29.6. The van der Waals surface area contributed by atoms with Crippen LogP contribution in [-0.4, -0.2) is 66.5 Å². The normalized spacial score (nSPS) is 14.1. The minimum absolute atomic E-state index is 0.0484. The van der Waals surface area contributed by atoms with Crippen molar-refractivity contribution in [3.05, 3.63) is 97.2 Å². The highest BCUT2D eigenvalue weighted by atomic mass is 31.2. The van der Waals surface area contributed by atoms with Crippen molar-refractivity contribution >= 4 is 25.7 Å². The van der Waals surface area contributed by atoms with Gasteiger partial charge in [-0.3, -0.25) is 23.4 Å². The largest absolute Gasteiger partial charge is 0.472 e. The Morgan fingerprint density at radius 1 is 0.403 bits per heavy atom. The van der Waals surface area contributed by atoms with Crippen LogP contribution in [0.15, 0.2) is 97.2 Å². The molecule has 12 heteroatoms. The van der Waals surface area contributed by atoms with E-state index in [2.05, 4.69) is 87.6 Å². The molecular weight excluding hydrogens is 928 g/mol. The average molecular weight is 1030 g/mol. The van der Waals surface area contributed by atoms with Crippen molar-refractivity contribution in [1.29, 1.82) is 0 Å². The van der Waals surface area contributed by atoms with Gasteiger partial charge in [0.25, 0.3) is 0 Å². The number of aliphatic hydroxyl groups excluding tert-OH is 1. The van der Waals surface area contributed by atoms with Gasteiger partial charge >= 0.3 is 25.7 Å². The van der Waals surface area contributed by atoms with Crippen LogP contribution in [-0.2, 0) is 42.2 Å². The zero-order chi connectivity index (χ0) is 52.7. The Morgan fingerprint density at radius 3 is 1.11 bits per heavy atom. The summed E-state index contributed by atoms with van der Waals surface area (Å²) in [5.74, 6) is -1.65. The summed E-state index contributed by atoms with van der Waals surface area (Å²) in [7, 11) is -4.78. The maximum atomic E-state index is 12.9. The molecule has 0 aromatic rings. The summed E-state index contributed by atoms with van der Waals surface area (Å²) >= 11 is 0. The third-order valence-electron chi connectivity index (χ3n) is 11.5. The maximum Gasteiger partial charge on any atom is 0.472 e. The van der Waals surface area contributed by atoms with Crippen LogP contribution in [0.3, 0.4) is 0 Å². The molecule has 0 aromatic carbocycles. The maximum absolute atomic E-state index is 12.9. The summed E-state index contributed by atoms with van der Waals surface area (Å²) in [6, 6.07) is 0. The van der Waals surface area contributed by atoms with Crippen molar-refractivity contribution in [2.24, 2.45) is 0 Å². The van der Waals surface area contributed by atoms with E-state index >= 15 is 0 Å². The van der Waals surface area contributed by atoms with Gasteiger partial charge in [-0.25, -0.2) is 4.57 Å². The van der Waals surface area contributed by atoms with E-state index in [1.165, 1.54) is 96.3 Å². The molecule has 0 saturated heterocycles. The van der Waals surface area contributed by atoms with Crippen molar-refractivity contribution in [3.8, 4) is 0 Å². The molecule has 0 bridgehead atoms. The summed E-state index contributed by atoms with van der Waals surface area (Å²) in [4.78, 5) is 48.4. The summed E-state index contributed by atoms with van der Waals surface area (Å²) in [6.07, 6.45) is 62.7. The Kier molecular flexibility index (Phi) is 51.0. The van der Waals surface area contributed by atoms with Crippen LogP contribution in [0, 0.1) is 0 Å². The molecular formula is C60H101O11P. The first kappa shape index (κ1) is 68.4. The number of carbonyl (C=O) groups is 3. The van der Waals surface area contributed by atoms with E-state index in [1.54, 1.807) is 0 Å². The standard InChI is InChI=1S/C60H101O11P/c1-4-7-10-13-16-19-22-25-26-27-28-29-30-33-36-39-42-45-48-51-60(64)71-57(53-67-58(62)49-46-43-40-37-34-31-23-20-17-14-11-8-5-2)55-69-72(65,66)68-54-56(52-61)70-59(63)50-47-44-41-38-35-32-24-21-18-15-12-9-6-3/h8-9,11-12,17-18,20-21,31-32,34-35,40-41,43-44,56-57,61H,4-7,10,13-16,19,22-30,33,36-39,42,45-55H2,1-3H3,(H,65,66)/b11-8-,12-9-,20-17-,21-18-,34-31-,35-32-,43-40-,44-41-. The van der Waals surface area contributed by atoms with Crippen LogP contribution >= 0.6 is 7.82 Å². The molecule has 0 aromatic heterocycles. The second-order valence-corrected chi connectivity index (χ2v) is 19.8. The van der Waals surface area contributed by atoms with Crippen molar-refractivity contribution in [3.63, 3.8) is 0 Å². The lowest BCUT2D eigenvalue weighted by atomic mass is 10.0. The zero-order valence-electron chi connectivity index (χ0n) is 45.4. The minimum atomic E-state index is -4.78. The molecule has 0 rings (SSSR count). The van der Waals surface area contributed by atoms with Gasteiger partial charge in [-0.15, -0.1) is 0 Å².